The molecule has 2 N–H and O–H groups in total. The molecular weight excluding hydrogens is 397 g/mol. The molecule has 3 aromatic rings. The summed E-state index contributed by atoms with van der Waals surface area (Å²) in [5.74, 6) is -0.796. The summed E-state index contributed by atoms with van der Waals surface area (Å²) < 4.78 is 20.2. The maximum atomic E-state index is 14.5. The van der Waals surface area contributed by atoms with Gasteiger partial charge in [-0.2, -0.15) is 0 Å². The Hall–Kier alpha value is -3.19. The van der Waals surface area contributed by atoms with E-state index in [0.717, 1.165) is 12.0 Å². The van der Waals surface area contributed by atoms with Crippen LogP contribution >= 0.6 is 0 Å². The zero-order valence-corrected chi connectivity index (χ0v) is 17.7. The van der Waals surface area contributed by atoms with Gasteiger partial charge in [0.1, 0.15) is 5.82 Å². The first kappa shape index (κ1) is 21.1. The molecule has 1 aliphatic heterocycles. The van der Waals surface area contributed by atoms with Crippen LogP contribution in [0.25, 0.3) is 10.9 Å². The summed E-state index contributed by atoms with van der Waals surface area (Å²) in [6, 6.07) is 11.9. The van der Waals surface area contributed by atoms with Crippen molar-refractivity contribution in [1.29, 1.82) is 0 Å². The number of aromatic nitrogens is 1. The van der Waals surface area contributed by atoms with Gasteiger partial charge in [0.2, 0.25) is 0 Å². The van der Waals surface area contributed by atoms with Crippen LogP contribution in [0.2, 0.25) is 0 Å². The minimum atomic E-state index is -0.419. The second kappa shape index (κ2) is 8.89. The first-order valence-electron chi connectivity index (χ1n) is 10.5. The lowest BCUT2D eigenvalue weighted by molar-refractivity contribution is -0.0149. The molecule has 0 saturated carbocycles. The molecule has 0 bridgehead atoms. The van der Waals surface area contributed by atoms with Gasteiger partial charge in [-0.15, -0.1) is 0 Å². The second-order valence-corrected chi connectivity index (χ2v) is 7.93. The van der Waals surface area contributed by atoms with Crippen LogP contribution in [-0.4, -0.2) is 47.5 Å². The molecule has 2 unspecified atom stereocenters. The molecule has 0 spiro atoms. The van der Waals surface area contributed by atoms with Crippen molar-refractivity contribution in [2.45, 2.75) is 38.5 Å². The fourth-order valence-corrected chi connectivity index (χ4v) is 4.19. The Bertz CT molecular complexity index is 1090. The fraction of sp³-hybridized carbons (Fsp3) is 0.333. The van der Waals surface area contributed by atoms with Crippen molar-refractivity contribution in [1.82, 2.24) is 15.2 Å². The van der Waals surface area contributed by atoms with Crippen LogP contribution < -0.4 is 5.32 Å². The zero-order valence-electron chi connectivity index (χ0n) is 17.7. The number of rotatable bonds is 5. The summed E-state index contributed by atoms with van der Waals surface area (Å²) in [6.07, 6.45) is 3.06. The molecule has 1 fully saturated rings. The summed E-state index contributed by atoms with van der Waals surface area (Å²) >= 11 is 0. The van der Waals surface area contributed by atoms with E-state index in [4.69, 9.17) is 4.74 Å². The Morgan fingerprint density at radius 2 is 2.00 bits per heavy atom. The monoisotopic (exact) mass is 423 g/mol. The molecule has 2 aromatic carbocycles. The third-order valence-corrected chi connectivity index (χ3v) is 5.84. The first-order chi connectivity index (χ1) is 15.0. The normalized spacial score (nSPS) is 18.7. The molecule has 1 saturated heterocycles. The van der Waals surface area contributed by atoms with Crippen molar-refractivity contribution < 1.29 is 18.7 Å². The van der Waals surface area contributed by atoms with Crippen molar-refractivity contribution in [2.24, 2.45) is 0 Å². The van der Waals surface area contributed by atoms with Crippen LogP contribution in [0.1, 0.15) is 46.0 Å². The van der Waals surface area contributed by atoms with Gasteiger partial charge in [0.25, 0.3) is 11.8 Å². The number of amides is 2. The molecule has 6 nitrogen and oxygen atoms in total. The highest BCUT2D eigenvalue weighted by Gasteiger charge is 2.31. The standard InChI is InChI=1S/C24H26FN3O3/c1-15-12-18(10-11-31-15)28(14-16-6-8-17(9-7-16)23(29)26-2)24(30)19-13-27-21-5-3-4-20(25)22(19)21/h3-9,13,15,18,27H,10-12,14H2,1-2H3,(H,26,29). The molecule has 0 radical (unpaired) electrons. The number of halogens is 1. The number of aromatic amines is 1. The number of nitrogens with zero attached hydrogens (tertiary/aromatic N) is 1. The average Bonchev–Trinajstić information content (AvgIpc) is 3.22. The van der Waals surface area contributed by atoms with E-state index in [-0.39, 0.29) is 24.0 Å². The van der Waals surface area contributed by atoms with Crippen molar-refractivity contribution >= 4 is 22.7 Å². The Balaban J connectivity index is 1.67. The summed E-state index contributed by atoms with van der Waals surface area (Å²) in [4.78, 5) is 30.3. The van der Waals surface area contributed by atoms with Crippen molar-refractivity contribution in [2.75, 3.05) is 13.7 Å². The van der Waals surface area contributed by atoms with Gasteiger partial charge in [-0.25, -0.2) is 4.39 Å². The van der Waals surface area contributed by atoms with E-state index < -0.39 is 5.82 Å². The van der Waals surface area contributed by atoms with Crippen molar-refractivity contribution in [3.63, 3.8) is 0 Å². The third-order valence-electron chi connectivity index (χ3n) is 5.84. The number of benzene rings is 2. The maximum absolute atomic E-state index is 14.5. The van der Waals surface area contributed by atoms with Gasteiger partial charge in [0.05, 0.1) is 11.7 Å². The molecule has 162 valence electrons. The van der Waals surface area contributed by atoms with Crippen molar-refractivity contribution in [3.05, 3.63) is 71.2 Å². The molecule has 1 aliphatic rings. The van der Waals surface area contributed by atoms with Crippen LogP contribution in [0.15, 0.2) is 48.7 Å². The van der Waals surface area contributed by atoms with E-state index in [1.165, 1.54) is 6.07 Å². The number of nitrogens with one attached hydrogen (secondary N) is 2. The lowest BCUT2D eigenvalue weighted by Gasteiger charge is -2.37. The summed E-state index contributed by atoms with van der Waals surface area (Å²) in [6.45, 7) is 2.94. The van der Waals surface area contributed by atoms with E-state index in [1.807, 2.05) is 24.0 Å². The quantitative estimate of drug-likeness (QED) is 0.654. The van der Waals surface area contributed by atoms with E-state index >= 15 is 0 Å². The molecule has 0 aliphatic carbocycles. The van der Waals surface area contributed by atoms with Gasteiger partial charge in [0.15, 0.2) is 0 Å². The minimum Gasteiger partial charge on any atom is -0.378 e. The Kier molecular flexibility index (Phi) is 6.04. The van der Waals surface area contributed by atoms with Crippen LogP contribution in [0.4, 0.5) is 4.39 Å². The molecule has 1 aromatic heterocycles. The van der Waals surface area contributed by atoms with Crippen LogP contribution in [0.5, 0.6) is 0 Å². The molecule has 2 atom stereocenters. The number of hydrogen-bond donors (Lipinski definition) is 2. The number of ether oxygens (including phenoxy) is 1. The summed E-state index contributed by atoms with van der Waals surface area (Å²) in [5.41, 5.74) is 2.38. The van der Waals surface area contributed by atoms with E-state index in [9.17, 15) is 14.0 Å². The lowest BCUT2D eigenvalue weighted by atomic mass is 9.99. The number of fused-ring (bicyclic) bond motifs is 1. The van der Waals surface area contributed by atoms with Gasteiger partial charge in [0, 0.05) is 48.9 Å². The van der Waals surface area contributed by atoms with Gasteiger partial charge in [-0.3, -0.25) is 9.59 Å². The Morgan fingerprint density at radius 1 is 1.23 bits per heavy atom. The predicted molar refractivity (Wildman–Crippen MR) is 116 cm³/mol. The van der Waals surface area contributed by atoms with Gasteiger partial charge >= 0.3 is 0 Å². The van der Waals surface area contributed by atoms with Gasteiger partial charge in [-0.1, -0.05) is 18.2 Å². The Labute approximate surface area is 180 Å². The molecule has 4 rings (SSSR count). The topological polar surface area (TPSA) is 74.4 Å². The van der Waals surface area contributed by atoms with Crippen LogP contribution in [0.3, 0.4) is 0 Å². The molecule has 2 amide bonds. The number of hydrogen-bond acceptors (Lipinski definition) is 3. The van der Waals surface area contributed by atoms with E-state index in [0.29, 0.717) is 41.6 Å². The molecular formula is C24H26FN3O3. The average molecular weight is 423 g/mol. The highest BCUT2D eigenvalue weighted by Crippen LogP contribution is 2.27. The second-order valence-electron chi connectivity index (χ2n) is 7.93. The van der Waals surface area contributed by atoms with E-state index in [1.54, 1.807) is 37.5 Å². The fourth-order valence-electron chi connectivity index (χ4n) is 4.19. The number of H-pyrrole nitrogens is 1. The van der Waals surface area contributed by atoms with Gasteiger partial charge < -0.3 is 19.9 Å². The highest BCUT2D eigenvalue weighted by molar-refractivity contribution is 6.07. The molecule has 7 heteroatoms. The lowest BCUT2D eigenvalue weighted by Crippen LogP contribution is -2.44. The zero-order chi connectivity index (χ0) is 22.0. The largest absolute Gasteiger partial charge is 0.378 e. The molecule has 31 heavy (non-hydrogen) atoms. The minimum absolute atomic E-state index is 0.0217. The molecule has 2 heterocycles. The first-order valence-corrected chi connectivity index (χ1v) is 10.5. The Morgan fingerprint density at radius 3 is 2.71 bits per heavy atom. The number of carbonyl (C=O) groups excluding carboxylic acids is 2. The smallest absolute Gasteiger partial charge is 0.256 e. The van der Waals surface area contributed by atoms with Crippen LogP contribution in [0, 0.1) is 5.82 Å². The van der Waals surface area contributed by atoms with Crippen molar-refractivity contribution in [3.8, 4) is 0 Å². The highest BCUT2D eigenvalue weighted by atomic mass is 19.1. The van der Waals surface area contributed by atoms with Gasteiger partial charge in [-0.05, 0) is 49.6 Å². The van der Waals surface area contributed by atoms with E-state index in [2.05, 4.69) is 10.3 Å². The maximum Gasteiger partial charge on any atom is 0.256 e. The summed E-state index contributed by atoms with van der Waals surface area (Å²) in [7, 11) is 1.59. The SMILES string of the molecule is CNC(=O)c1ccc(CN(C(=O)c2c[nH]c3cccc(F)c23)C2CCOC(C)C2)cc1. The number of carbonyl (C=O) groups is 2. The summed E-state index contributed by atoms with van der Waals surface area (Å²) in [5, 5.41) is 2.91. The third kappa shape index (κ3) is 4.32. The predicted octanol–water partition coefficient (Wildman–Crippen LogP) is 3.88. The van der Waals surface area contributed by atoms with Crippen LogP contribution in [-0.2, 0) is 11.3 Å².